The summed E-state index contributed by atoms with van der Waals surface area (Å²) in [6.45, 7) is 0. The normalized spacial score (nSPS) is 12.7. The molecule has 0 saturated carbocycles. The molecule has 0 unspecified atom stereocenters. The fraction of sp³-hybridized carbons (Fsp3) is 0.0500. The lowest BCUT2D eigenvalue weighted by molar-refractivity contribution is 0.476. The first-order chi connectivity index (χ1) is 22.7. The number of hydrogen-bond donors (Lipinski definition) is 1. The lowest BCUT2D eigenvalue weighted by Gasteiger charge is -2.20. The van der Waals surface area contributed by atoms with Crippen LogP contribution in [0.15, 0.2) is 130 Å². The van der Waals surface area contributed by atoms with Crippen molar-refractivity contribution in [2.75, 3.05) is 0 Å². The summed E-state index contributed by atoms with van der Waals surface area (Å²) in [7, 11) is 0. The molecule has 0 fully saturated rings. The van der Waals surface area contributed by atoms with Gasteiger partial charge < -0.3 is 13.9 Å². The fourth-order valence-corrected chi connectivity index (χ4v) is 7.02. The van der Waals surface area contributed by atoms with Crippen LogP contribution in [0.2, 0.25) is 0 Å². The van der Waals surface area contributed by atoms with E-state index in [1.807, 2.05) is 60.8 Å². The molecule has 1 N–H and O–H groups in total. The Bertz CT molecular complexity index is 2680. The Balaban J connectivity index is 1.19. The zero-order chi connectivity index (χ0) is 30.4. The second-order valence-corrected chi connectivity index (χ2v) is 11.9. The summed E-state index contributed by atoms with van der Waals surface area (Å²) in [5.41, 5.74) is 10.6. The van der Waals surface area contributed by atoms with Gasteiger partial charge in [-0.1, -0.05) is 54.6 Å². The molecule has 4 aromatic heterocycles. The van der Waals surface area contributed by atoms with Gasteiger partial charge in [0.15, 0.2) is 0 Å². The van der Waals surface area contributed by atoms with Gasteiger partial charge in [0.1, 0.15) is 39.6 Å². The monoisotopic (exact) mass is 595 g/mol. The quantitative estimate of drug-likeness (QED) is 0.220. The van der Waals surface area contributed by atoms with E-state index in [1.165, 1.54) is 0 Å². The van der Waals surface area contributed by atoms with Gasteiger partial charge in [0.2, 0.25) is 0 Å². The summed E-state index contributed by atoms with van der Waals surface area (Å²) in [5.74, 6) is 1.04. The molecule has 5 aromatic carbocycles. The van der Waals surface area contributed by atoms with Crippen molar-refractivity contribution in [2.45, 2.75) is 12.8 Å². The van der Waals surface area contributed by atoms with Crippen LogP contribution in [0.4, 0.5) is 0 Å². The van der Waals surface area contributed by atoms with Crippen molar-refractivity contribution < 1.29 is 13.9 Å². The first-order valence-corrected chi connectivity index (χ1v) is 15.4. The van der Waals surface area contributed by atoms with Crippen LogP contribution in [0.3, 0.4) is 0 Å². The number of fused-ring (bicyclic) bond motifs is 9. The lowest BCUT2D eigenvalue weighted by Crippen LogP contribution is -2.06. The molecule has 1 aliphatic rings. The number of pyridine rings is 1. The topological polar surface area (TPSA) is 77.2 Å². The molecule has 0 saturated heterocycles. The Labute approximate surface area is 262 Å². The predicted molar refractivity (Wildman–Crippen MR) is 181 cm³/mol. The number of phenolic OH excluding ortho intramolecular Hbond substituents is 1. The van der Waals surface area contributed by atoms with E-state index in [-0.39, 0.29) is 5.75 Å². The Kier molecular flexibility index (Phi) is 5.17. The van der Waals surface area contributed by atoms with Crippen LogP contribution in [0.25, 0.3) is 83.6 Å². The van der Waals surface area contributed by atoms with Gasteiger partial charge in [0, 0.05) is 44.9 Å². The molecule has 1 aliphatic carbocycles. The van der Waals surface area contributed by atoms with E-state index in [4.69, 9.17) is 18.8 Å². The highest BCUT2D eigenvalue weighted by Gasteiger charge is 2.23. The number of benzene rings is 5. The van der Waals surface area contributed by atoms with Crippen LogP contribution in [0, 0.1) is 0 Å². The first-order valence-electron chi connectivity index (χ1n) is 15.4. The molecule has 6 heteroatoms. The van der Waals surface area contributed by atoms with Gasteiger partial charge in [-0.3, -0.25) is 4.57 Å². The van der Waals surface area contributed by atoms with Gasteiger partial charge in [0.05, 0.1) is 17.1 Å². The fourth-order valence-electron chi connectivity index (χ4n) is 7.02. The molecule has 0 amide bonds. The highest BCUT2D eigenvalue weighted by atomic mass is 16.3. The number of aromatic hydroxyl groups is 1. The highest BCUT2D eigenvalue weighted by molar-refractivity contribution is 6.07. The lowest BCUT2D eigenvalue weighted by atomic mass is 9.88. The summed E-state index contributed by atoms with van der Waals surface area (Å²) in [6.07, 6.45) is 3.81. The van der Waals surface area contributed by atoms with Crippen LogP contribution in [0.5, 0.6) is 5.75 Å². The smallest absolute Gasteiger partial charge is 0.145 e. The van der Waals surface area contributed by atoms with Crippen molar-refractivity contribution >= 4 is 43.9 Å². The molecule has 9 aromatic rings. The van der Waals surface area contributed by atoms with Crippen LogP contribution in [0.1, 0.15) is 11.1 Å². The van der Waals surface area contributed by atoms with Crippen LogP contribution < -0.4 is 0 Å². The second kappa shape index (κ2) is 9.43. The maximum absolute atomic E-state index is 10.8. The third kappa shape index (κ3) is 3.70. The molecule has 0 radical (unpaired) electrons. The molecular weight excluding hydrogens is 570 g/mol. The van der Waals surface area contributed by atoms with Crippen molar-refractivity contribution in [1.29, 1.82) is 0 Å². The van der Waals surface area contributed by atoms with Crippen molar-refractivity contribution in [1.82, 2.24) is 14.5 Å². The second-order valence-electron chi connectivity index (χ2n) is 11.9. The minimum atomic E-state index is 0.258. The number of aromatic nitrogens is 3. The molecule has 10 rings (SSSR count). The molecule has 218 valence electrons. The summed E-state index contributed by atoms with van der Waals surface area (Å²) in [4.78, 5) is 10.3. The summed E-state index contributed by atoms with van der Waals surface area (Å²) >= 11 is 0. The molecule has 46 heavy (non-hydrogen) atoms. The van der Waals surface area contributed by atoms with E-state index in [0.717, 1.165) is 108 Å². The summed E-state index contributed by atoms with van der Waals surface area (Å²) in [6, 6.07) is 38.6. The maximum atomic E-state index is 10.8. The van der Waals surface area contributed by atoms with E-state index < -0.39 is 0 Å². The average molecular weight is 596 g/mol. The van der Waals surface area contributed by atoms with Gasteiger partial charge in [-0.25, -0.2) is 9.97 Å². The third-order valence-electron chi connectivity index (χ3n) is 9.25. The predicted octanol–water partition coefficient (Wildman–Crippen LogP) is 9.87. The van der Waals surface area contributed by atoms with Crippen molar-refractivity contribution in [3.8, 4) is 45.5 Å². The molecule has 0 aliphatic heterocycles. The molecule has 0 bridgehead atoms. The Hall–Kier alpha value is -6.14. The molecule has 4 heterocycles. The van der Waals surface area contributed by atoms with Crippen LogP contribution >= 0.6 is 0 Å². The molecular formula is C40H25N3O3. The number of furan rings is 2. The number of aryl methyl sites for hydroxylation is 2. The zero-order valence-corrected chi connectivity index (χ0v) is 24.6. The SMILES string of the molecule is Oc1cccc2c1-c1nc(-c3cn(-c4ccc5c(c4)oc4ccccc45)c(-c4ccc5oc6ccccc6c5c4)n3)ccc1CC2. The zero-order valence-electron chi connectivity index (χ0n) is 24.6. The number of phenols is 1. The highest BCUT2D eigenvalue weighted by Crippen LogP contribution is 2.40. The number of nitrogens with zero attached hydrogens (tertiary/aromatic N) is 3. The van der Waals surface area contributed by atoms with E-state index >= 15 is 0 Å². The molecule has 0 atom stereocenters. The van der Waals surface area contributed by atoms with Crippen molar-refractivity contribution in [3.63, 3.8) is 0 Å². The van der Waals surface area contributed by atoms with Crippen LogP contribution in [-0.2, 0) is 12.8 Å². The van der Waals surface area contributed by atoms with E-state index in [0.29, 0.717) is 0 Å². The van der Waals surface area contributed by atoms with Gasteiger partial charge in [-0.15, -0.1) is 0 Å². The maximum Gasteiger partial charge on any atom is 0.145 e. The minimum Gasteiger partial charge on any atom is -0.507 e. The first kappa shape index (κ1) is 25.2. The summed E-state index contributed by atoms with van der Waals surface area (Å²) < 4.78 is 14.5. The van der Waals surface area contributed by atoms with E-state index in [9.17, 15) is 5.11 Å². The largest absolute Gasteiger partial charge is 0.507 e. The standard InChI is InChI=1S/C40H25N3O3/c44-33-9-5-6-23-12-13-24-14-18-31(41-39(24)38(23)33)32-22-43(26-16-17-29-27-7-1-3-10-34(27)46-37(29)21-26)40(42-32)25-15-19-36-30(20-25)28-8-2-4-11-35(28)45-36/h1-11,14-22,44H,12-13H2. The average Bonchev–Trinajstić information content (AvgIpc) is 3.81. The summed E-state index contributed by atoms with van der Waals surface area (Å²) in [5, 5.41) is 15.1. The van der Waals surface area contributed by atoms with Crippen molar-refractivity contribution in [3.05, 3.63) is 133 Å². The van der Waals surface area contributed by atoms with Crippen molar-refractivity contribution in [2.24, 2.45) is 0 Å². The van der Waals surface area contributed by atoms with Gasteiger partial charge >= 0.3 is 0 Å². The Morgan fingerprint density at radius 2 is 1.30 bits per heavy atom. The number of rotatable bonds is 3. The Morgan fingerprint density at radius 1 is 0.565 bits per heavy atom. The van der Waals surface area contributed by atoms with E-state index in [1.54, 1.807) is 6.07 Å². The number of imidazole rings is 1. The molecule has 0 spiro atoms. The minimum absolute atomic E-state index is 0.258. The van der Waals surface area contributed by atoms with E-state index in [2.05, 4.69) is 59.2 Å². The Morgan fingerprint density at radius 3 is 2.17 bits per heavy atom. The van der Waals surface area contributed by atoms with Gasteiger partial charge in [0.25, 0.3) is 0 Å². The number of hydrogen-bond acceptors (Lipinski definition) is 5. The number of para-hydroxylation sites is 2. The third-order valence-corrected chi connectivity index (χ3v) is 9.25. The molecule has 6 nitrogen and oxygen atoms in total. The van der Waals surface area contributed by atoms with Gasteiger partial charge in [-0.2, -0.15) is 0 Å². The van der Waals surface area contributed by atoms with Crippen LogP contribution in [-0.4, -0.2) is 19.6 Å². The van der Waals surface area contributed by atoms with Gasteiger partial charge in [-0.05, 0) is 78.6 Å².